The monoisotopic (exact) mass is 247 g/mol. The molecule has 0 saturated heterocycles. The van der Waals surface area contributed by atoms with Crippen molar-refractivity contribution in [2.45, 2.75) is 13.0 Å². The number of nitrogen functional groups attached to an aromatic ring is 1. The number of hydrogen-bond donors (Lipinski definition) is 1. The molecule has 0 saturated carbocycles. The molecule has 0 unspecified atom stereocenters. The van der Waals surface area contributed by atoms with Gasteiger partial charge in [-0.05, 0) is 24.3 Å². The second kappa shape index (κ2) is 6.71. The zero-order valence-electron chi connectivity index (χ0n) is 10.2. The fourth-order valence-corrected chi connectivity index (χ4v) is 1.52. The van der Waals surface area contributed by atoms with Crippen LogP contribution >= 0.6 is 0 Å². The quantitative estimate of drug-likeness (QED) is 0.603. The number of anilines is 1. The van der Waals surface area contributed by atoms with Crippen molar-refractivity contribution in [3.05, 3.63) is 48.4 Å². The Morgan fingerprint density at radius 3 is 2.72 bits per heavy atom. The number of benzene rings is 1. The molecule has 0 aliphatic carbocycles. The van der Waals surface area contributed by atoms with Gasteiger partial charge in [0, 0.05) is 6.42 Å². The summed E-state index contributed by atoms with van der Waals surface area (Å²) in [7, 11) is 0. The van der Waals surface area contributed by atoms with Gasteiger partial charge in [-0.1, -0.05) is 12.1 Å². The molecule has 4 heteroatoms. The lowest BCUT2D eigenvalue weighted by atomic mass is 10.3. The van der Waals surface area contributed by atoms with E-state index in [4.69, 9.17) is 19.6 Å². The van der Waals surface area contributed by atoms with Crippen LogP contribution in [0, 0.1) is 0 Å². The minimum Gasteiger partial charge on any atom is -0.491 e. The van der Waals surface area contributed by atoms with Crippen molar-refractivity contribution in [3.8, 4) is 5.75 Å². The molecule has 2 N–H and O–H groups in total. The Labute approximate surface area is 106 Å². The third-order valence-electron chi connectivity index (χ3n) is 2.43. The largest absolute Gasteiger partial charge is 0.491 e. The van der Waals surface area contributed by atoms with E-state index in [1.807, 2.05) is 36.4 Å². The predicted molar refractivity (Wildman–Crippen MR) is 69.3 cm³/mol. The summed E-state index contributed by atoms with van der Waals surface area (Å²) in [6.07, 6.45) is 2.45. The van der Waals surface area contributed by atoms with Crippen LogP contribution < -0.4 is 10.5 Å². The molecule has 0 fully saturated rings. The molecule has 0 spiro atoms. The third kappa shape index (κ3) is 3.82. The molecule has 96 valence electrons. The van der Waals surface area contributed by atoms with Crippen molar-refractivity contribution in [2.24, 2.45) is 0 Å². The van der Waals surface area contributed by atoms with Gasteiger partial charge in [-0.15, -0.1) is 0 Å². The lowest BCUT2D eigenvalue weighted by molar-refractivity contribution is 0.0944. The summed E-state index contributed by atoms with van der Waals surface area (Å²) in [4.78, 5) is 0. The van der Waals surface area contributed by atoms with Gasteiger partial charge in [-0.3, -0.25) is 0 Å². The van der Waals surface area contributed by atoms with Crippen molar-refractivity contribution >= 4 is 5.69 Å². The number of hydrogen-bond acceptors (Lipinski definition) is 4. The molecule has 2 rings (SSSR count). The van der Waals surface area contributed by atoms with E-state index in [1.165, 1.54) is 0 Å². The van der Waals surface area contributed by atoms with E-state index in [1.54, 1.807) is 6.26 Å². The first-order chi connectivity index (χ1) is 8.86. The number of furan rings is 1. The zero-order valence-corrected chi connectivity index (χ0v) is 10.2. The van der Waals surface area contributed by atoms with E-state index >= 15 is 0 Å². The molecule has 0 aliphatic heterocycles. The summed E-state index contributed by atoms with van der Waals surface area (Å²) in [5.41, 5.74) is 6.42. The van der Waals surface area contributed by atoms with Gasteiger partial charge < -0.3 is 19.6 Å². The fourth-order valence-electron chi connectivity index (χ4n) is 1.52. The molecule has 0 bridgehead atoms. The molecule has 0 atom stereocenters. The highest BCUT2D eigenvalue weighted by atomic mass is 16.5. The van der Waals surface area contributed by atoms with Crippen LogP contribution in [0.15, 0.2) is 47.1 Å². The van der Waals surface area contributed by atoms with E-state index in [9.17, 15) is 0 Å². The first-order valence-electron chi connectivity index (χ1n) is 5.93. The first kappa shape index (κ1) is 12.5. The topological polar surface area (TPSA) is 57.6 Å². The maximum Gasteiger partial charge on any atom is 0.142 e. The molecule has 0 aliphatic rings. The Balaban J connectivity index is 1.58. The van der Waals surface area contributed by atoms with Crippen LogP contribution in [0.3, 0.4) is 0 Å². The molecule has 0 amide bonds. The second-order valence-electron chi connectivity index (χ2n) is 3.87. The van der Waals surface area contributed by atoms with E-state index in [0.29, 0.717) is 25.5 Å². The van der Waals surface area contributed by atoms with Gasteiger partial charge in [-0.2, -0.15) is 0 Å². The van der Waals surface area contributed by atoms with Crippen LogP contribution in [0.4, 0.5) is 5.69 Å². The normalized spacial score (nSPS) is 10.4. The molecular formula is C14H17NO3. The van der Waals surface area contributed by atoms with Crippen LogP contribution in [0.2, 0.25) is 0 Å². The van der Waals surface area contributed by atoms with E-state index < -0.39 is 0 Å². The minimum atomic E-state index is 0.500. The zero-order chi connectivity index (χ0) is 12.6. The average Bonchev–Trinajstić information content (AvgIpc) is 2.89. The Bertz CT molecular complexity index is 454. The van der Waals surface area contributed by atoms with Crippen molar-refractivity contribution in [2.75, 3.05) is 18.9 Å². The maximum atomic E-state index is 5.76. The van der Waals surface area contributed by atoms with Crippen molar-refractivity contribution < 1.29 is 13.9 Å². The van der Waals surface area contributed by atoms with Gasteiger partial charge in [0.25, 0.3) is 0 Å². The Morgan fingerprint density at radius 1 is 1.06 bits per heavy atom. The van der Waals surface area contributed by atoms with Gasteiger partial charge in [0.15, 0.2) is 0 Å². The molecule has 1 aromatic carbocycles. The summed E-state index contributed by atoms with van der Waals surface area (Å²) in [6, 6.07) is 11.2. The summed E-state index contributed by atoms with van der Waals surface area (Å²) >= 11 is 0. The Morgan fingerprint density at radius 2 is 1.94 bits per heavy atom. The predicted octanol–water partition coefficient (Wildman–Crippen LogP) is 2.85. The van der Waals surface area contributed by atoms with Crippen molar-refractivity contribution in [1.82, 2.24) is 0 Å². The number of rotatable bonds is 7. The van der Waals surface area contributed by atoms with Gasteiger partial charge in [0.2, 0.25) is 0 Å². The van der Waals surface area contributed by atoms with Crippen LogP contribution in [0.5, 0.6) is 5.75 Å². The Hall–Kier alpha value is -1.94. The van der Waals surface area contributed by atoms with E-state index in [2.05, 4.69) is 0 Å². The van der Waals surface area contributed by atoms with Crippen LogP contribution in [-0.2, 0) is 11.3 Å². The Kier molecular flexibility index (Phi) is 4.67. The van der Waals surface area contributed by atoms with Crippen molar-refractivity contribution in [3.63, 3.8) is 0 Å². The lowest BCUT2D eigenvalue weighted by Gasteiger charge is -2.08. The summed E-state index contributed by atoms with van der Waals surface area (Å²) in [5, 5.41) is 0. The molecular weight excluding hydrogens is 230 g/mol. The summed E-state index contributed by atoms with van der Waals surface area (Å²) < 4.78 is 16.1. The molecule has 1 heterocycles. The maximum absolute atomic E-state index is 5.76. The third-order valence-corrected chi connectivity index (χ3v) is 2.43. The number of nitrogens with two attached hydrogens (primary N) is 1. The highest BCUT2D eigenvalue weighted by Gasteiger charge is 1.99. The smallest absolute Gasteiger partial charge is 0.142 e. The van der Waals surface area contributed by atoms with E-state index in [-0.39, 0.29) is 0 Å². The number of para-hydroxylation sites is 2. The van der Waals surface area contributed by atoms with Gasteiger partial charge in [0.05, 0.1) is 25.2 Å². The second-order valence-corrected chi connectivity index (χ2v) is 3.87. The SMILES string of the molecule is Nc1ccccc1OCCCOCc1ccco1. The average molecular weight is 247 g/mol. The summed E-state index contributed by atoms with van der Waals surface area (Å²) in [5.74, 6) is 1.56. The molecule has 0 radical (unpaired) electrons. The number of ether oxygens (including phenoxy) is 2. The van der Waals surface area contributed by atoms with Gasteiger partial charge in [0.1, 0.15) is 18.1 Å². The molecule has 2 aromatic rings. The van der Waals surface area contributed by atoms with Crippen LogP contribution in [0.1, 0.15) is 12.2 Å². The van der Waals surface area contributed by atoms with Crippen LogP contribution in [-0.4, -0.2) is 13.2 Å². The standard InChI is InChI=1S/C14H17NO3/c15-13-6-1-2-7-14(13)18-10-4-8-16-11-12-5-3-9-17-12/h1-3,5-7,9H,4,8,10-11,15H2. The minimum absolute atomic E-state index is 0.500. The molecule has 4 nitrogen and oxygen atoms in total. The fraction of sp³-hybridized carbons (Fsp3) is 0.286. The lowest BCUT2D eigenvalue weighted by Crippen LogP contribution is -2.04. The molecule has 1 aromatic heterocycles. The van der Waals surface area contributed by atoms with E-state index in [0.717, 1.165) is 17.9 Å². The highest BCUT2D eigenvalue weighted by Crippen LogP contribution is 2.19. The van der Waals surface area contributed by atoms with Crippen molar-refractivity contribution in [1.29, 1.82) is 0 Å². The first-order valence-corrected chi connectivity index (χ1v) is 5.93. The molecule has 18 heavy (non-hydrogen) atoms. The highest BCUT2D eigenvalue weighted by molar-refractivity contribution is 5.51. The van der Waals surface area contributed by atoms with Gasteiger partial charge >= 0.3 is 0 Å². The summed E-state index contributed by atoms with van der Waals surface area (Å²) in [6.45, 7) is 1.72. The van der Waals surface area contributed by atoms with Gasteiger partial charge in [-0.25, -0.2) is 0 Å². The van der Waals surface area contributed by atoms with Crippen LogP contribution in [0.25, 0.3) is 0 Å².